The molecule has 1 aliphatic carbocycles. The first kappa shape index (κ1) is 11.5. The van der Waals surface area contributed by atoms with Crippen molar-refractivity contribution in [3.63, 3.8) is 0 Å². The summed E-state index contributed by atoms with van der Waals surface area (Å²) in [6, 6.07) is 3.73. The molecule has 4 nitrogen and oxygen atoms in total. The number of methoxy groups -OCH3 is 2. The first-order valence-electron chi connectivity index (χ1n) is 5.28. The zero-order valence-corrected chi connectivity index (χ0v) is 10.1. The van der Waals surface area contributed by atoms with E-state index >= 15 is 0 Å². The summed E-state index contributed by atoms with van der Waals surface area (Å²) in [7, 11) is 3.21. The highest BCUT2D eigenvalue weighted by Gasteiger charge is 2.20. The molecule has 0 radical (unpaired) electrons. The summed E-state index contributed by atoms with van der Waals surface area (Å²) in [6.45, 7) is 1.39. The predicted molar refractivity (Wildman–Crippen MR) is 63.0 cm³/mol. The van der Waals surface area contributed by atoms with E-state index in [2.05, 4.69) is 0 Å². The normalized spacial score (nSPS) is 12.8. The summed E-state index contributed by atoms with van der Waals surface area (Å²) in [5, 5.41) is 0. The van der Waals surface area contributed by atoms with Crippen molar-refractivity contribution in [1.29, 1.82) is 0 Å². The molecule has 1 aromatic rings. The maximum atomic E-state index is 10.9. The number of rotatable bonds is 3. The Bertz CT molecular complexity index is 488. The van der Waals surface area contributed by atoms with Crippen molar-refractivity contribution in [3.8, 4) is 11.5 Å². The van der Waals surface area contributed by atoms with E-state index in [4.69, 9.17) is 14.2 Å². The molecule has 1 aromatic carbocycles. The fraction of sp³-hybridized carbons (Fsp3) is 0.308. The van der Waals surface area contributed by atoms with Gasteiger partial charge in [0.2, 0.25) is 0 Å². The maximum absolute atomic E-state index is 10.9. The van der Waals surface area contributed by atoms with Crippen LogP contribution in [0.25, 0.3) is 6.08 Å². The molecule has 2 rings (SSSR count). The van der Waals surface area contributed by atoms with Gasteiger partial charge in [-0.1, -0.05) is 0 Å². The van der Waals surface area contributed by atoms with Gasteiger partial charge < -0.3 is 14.2 Å². The van der Waals surface area contributed by atoms with Gasteiger partial charge in [-0.2, -0.15) is 0 Å². The van der Waals surface area contributed by atoms with Gasteiger partial charge in [-0.05, 0) is 17.7 Å². The Morgan fingerprint density at radius 1 is 1.24 bits per heavy atom. The second-order valence-corrected chi connectivity index (χ2v) is 3.78. The summed E-state index contributed by atoms with van der Waals surface area (Å²) < 4.78 is 15.6. The van der Waals surface area contributed by atoms with Crippen molar-refractivity contribution in [2.45, 2.75) is 13.3 Å². The maximum Gasteiger partial charge on any atom is 0.307 e. The smallest absolute Gasteiger partial charge is 0.307 e. The molecule has 4 heteroatoms. The molecule has 0 saturated heterocycles. The average Bonchev–Trinajstić information content (AvgIpc) is 2.68. The minimum Gasteiger partial charge on any atom is -0.497 e. The average molecular weight is 234 g/mol. The Kier molecular flexibility index (Phi) is 3.04. The van der Waals surface area contributed by atoms with Gasteiger partial charge in [0.15, 0.2) is 0 Å². The van der Waals surface area contributed by atoms with Crippen LogP contribution >= 0.6 is 0 Å². The summed E-state index contributed by atoms with van der Waals surface area (Å²) in [5.74, 6) is 1.79. The van der Waals surface area contributed by atoms with E-state index < -0.39 is 0 Å². The lowest BCUT2D eigenvalue weighted by Crippen LogP contribution is -1.98. The van der Waals surface area contributed by atoms with Crippen LogP contribution in [0.5, 0.6) is 11.5 Å². The largest absolute Gasteiger partial charge is 0.497 e. The molecule has 0 amide bonds. The van der Waals surface area contributed by atoms with E-state index in [9.17, 15) is 4.79 Å². The molecule has 0 spiro atoms. The van der Waals surface area contributed by atoms with Gasteiger partial charge in [-0.25, -0.2) is 0 Å². The van der Waals surface area contributed by atoms with Crippen LogP contribution in [-0.2, 0) is 16.0 Å². The number of fused-ring (bicyclic) bond motifs is 1. The minimum atomic E-state index is -0.310. The highest BCUT2D eigenvalue weighted by molar-refractivity contribution is 5.74. The molecule has 0 aromatic heterocycles. The number of hydrogen-bond acceptors (Lipinski definition) is 4. The number of benzene rings is 1. The van der Waals surface area contributed by atoms with Crippen LogP contribution in [0.2, 0.25) is 0 Å². The van der Waals surface area contributed by atoms with Crippen LogP contribution in [0.1, 0.15) is 18.1 Å². The second-order valence-electron chi connectivity index (χ2n) is 3.78. The summed E-state index contributed by atoms with van der Waals surface area (Å²) in [6.07, 6.45) is 2.41. The molecule has 0 unspecified atom stereocenters. The third kappa shape index (κ3) is 2.25. The first-order valence-corrected chi connectivity index (χ1v) is 5.28. The first-order chi connectivity index (χ1) is 8.13. The highest BCUT2D eigenvalue weighted by atomic mass is 16.5. The van der Waals surface area contributed by atoms with E-state index in [1.807, 2.05) is 18.2 Å². The minimum absolute atomic E-state index is 0.310. The van der Waals surface area contributed by atoms with Crippen molar-refractivity contribution in [2.75, 3.05) is 14.2 Å². The van der Waals surface area contributed by atoms with Gasteiger partial charge in [0, 0.05) is 25.0 Å². The fourth-order valence-corrected chi connectivity index (χ4v) is 1.90. The van der Waals surface area contributed by atoms with Gasteiger partial charge in [0.25, 0.3) is 0 Å². The monoisotopic (exact) mass is 234 g/mol. The molecule has 0 aliphatic heterocycles. The Morgan fingerprint density at radius 2 is 2.00 bits per heavy atom. The molecule has 0 saturated carbocycles. The molecular formula is C13H14O4. The molecule has 0 heterocycles. The number of esters is 1. The molecule has 1 aliphatic rings. The van der Waals surface area contributed by atoms with Gasteiger partial charge in [-0.3, -0.25) is 4.79 Å². The Labute approximate surface area is 99.8 Å². The molecule has 0 bridgehead atoms. The molecule has 0 atom stereocenters. The Hall–Kier alpha value is -1.97. The van der Waals surface area contributed by atoms with Crippen molar-refractivity contribution in [3.05, 3.63) is 29.0 Å². The molecule has 0 fully saturated rings. The number of carbonyl (C=O) groups is 1. The van der Waals surface area contributed by atoms with E-state index in [1.165, 1.54) is 6.92 Å². The van der Waals surface area contributed by atoms with Crippen LogP contribution in [0.15, 0.2) is 17.9 Å². The summed E-state index contributed by atoms with van der Waals surface area (Å²) in [4.78, 5) is 10.9. The van der Waals surface area contributed by atoms with Crippen LogP contribution in [0, 0.1) is 0 Å². The number of ether oxygens (including phenoxy) is 3. The third-order valence-corrected chi connectivity index (χ3v) is 2.60. The lowest BCUT2D eigenvalue weighted by atomic mass is 10.1. The standard InChI is InChI=1S/C13H14O4/c1-8(14)17-11-5-9-4-10(15-2)7-13(16-3)12(9)6-11/h4,6-7H,5H2,1-3H3. The third-order valence-electron chi connectivity index (χ3n) is 2.60. The van der Waals surface area contributed by atoms with Gasteiger partial charge in [0.1, 0.15) is 17.3 Å². The van der Waals surface area contributed by atoms with Crippen LogP contribution < -0.4 is 9.47 Å². The Balaban J connectivity index is 2.36. The Morgan fingerprint density at radius 3 is 2.59 bits per heavy atom. The van der Waals surface area contributed by atoms with E-state index in [0.717, 1.165) is 22.6 Å². The van der Waals surface area contributed by atoms with E-state index in [-0.39, 0.29) is 5.97 Å². The number of carbonyl (C=O) groups excluding carboxylic acids is 1. The molecule has 90 valence electrons. The number of allylic oxidation sites excluding steroid dienone is 1. The van der Waals surface area contributed by atoms with Crippen molar-refractivity contribution in [1.82, 2.24) is 0 Å². The second kappa shape index (κ2) is 4.49. The van der Waals surface area contributed by atoms with Crippen molar-refractivity contribution >= 4 is 12.0 Å². The zero-order valence-electron chi connectivity index (χ0n) is 10.1. The molecule has 0 N–H and O–H groups in total. The van der Waals surface area contributed by atoms with E-state index in [1.54, 1.807) is 14.2 Å². The topological polar surface area (TPSA) is 44.8 Å². The van der Waals surface area contributed by atoms with Gasteiger partial charge >= 0.3 is 5.97 Å². The van der Waals surface area contributed by atoms with Crippen LogP contribution in [-0.4, -0.2) is 20.2 Å². The van der Waals surface area contributed by atoms with Crippen molar-refractivity contribution in [2.24, 2.45) is 0 Å². The van der Waals surface area contributed by atoms with Crippen LogP contribution in [0.3, 0.4) is 0 Å². The summed E-state index contributed by atoms with van der Waals surface area (Å²) in [5.41, 5.74) is 1.99. The van der Waals surface area contributed by atoms with Crippen molar-refractivity contribution < 1.29 is 19.0 Å². The lowest BCUT2D eigenvalue weighted by molar-refractivity contribution is -0.136. The van der Waals surface area contributed by atoms with Gasteiger partial charge in [-0.15, -0.1) is 0 Å². The SMILES string of the molecule is COc1cc2c(c(OC)c1)C=C(OC(C)=O)C2. The van der Waals surface area contributed by atoms with Crippen LogP contribution in [0.4, 0.5) is 0 Å². The molecule has 17 heavy (non-hydrogen) atoms. The zero-order chi connectivity index (χ0) is 12.4. The number of hydrogen-bond donors (Lipinski definition) is 0. The van der Waals surface area contributed by atoms with E-state index in [0.29, 0.717) is 12.2 Å². The quantitative estimate of drug-likeness (QED) is 0.752. The summed E-state index contributed by atoms with van der Waals surface area (Å²) >= 11 is 0. The van der Waals surface area contributed by atoms with Gasteiger partial charge in [0.05, 0.1) is 14.2 Å². The fourth-order valence-electron chi connectivity index (χ4n) is 1.90. The highest BCUT2D eigenvalue weighted by Crippen LogP contribution is 2.36. The lowest BCUT2D eigenvalue weighted by Gasteiger charge is -2.08. The predicted octanol–water partition coefficient (Wildman–Crippen LogP) is 2.16. The molecular weight excluding hydrogens is 220 g/mol.